The van der Waals surface area contributed by atoms with E-state index in [1.54, 1.807) is 18.3 Å². The van der Waals surface area contributed by atoms with Crippen LogP contribution in [0.1, 0.15) is 21.7 Å². The van der Waals surface area contributed by atoms with E-state index in [0.29, 0.717) is 17.6 Å². The zero-order valence-corrected chi connectivity index (χ0v) is 10.5. The normalized spacial score (nSPS) is 10.7. The van der Waals surface area contributed by atoms with Crippen LogP contribution in [-0.2, 0) is 6.42 Å². The number of aromatic amines is 1. The molecule has 0 aliphatic heterocycles. The smallest absolute Gasteiger partial charge is 0.265 e. The molecule has 0 radical (unpaired) electrons. The van der Waals surface area contributed by atoms with E-state index < -0.39 is 0 Å². The van der Waals surface area contributed by atoms with Crippen LogP contribution in [0.4, 0.5) is 0 Å². The molecule has 0 bridgehead atoms. The lowest BCUT2D eigenvalue weighted by atomic mass is 10.1. The van der Waals surface area contributed by atoms with Crippen molar-refractivity contribution >= 4 is 17.1 Å². The number of rotatable bonds is 3. The maximum absolute atomic E-state index is 11.3. The number of H-pyrrole nitrogens is 1. The minimum absolute atomic E-state index is 0.310. The van der Waals surface area contributed by atoms with Crippen molar-refractivity contribution in [1.82, 2.24) is 25.4 Å². The Bertz CT molecular complexity index is 716. The lowest BCUT2D eigenvalue weighted by molar-refractivity contribution is 0.0953. The summed E-state index contributed by atoms with van der Waals surface area (Å²) in [6.45, 7) is 0. The molecule has 0 spiro atoms. The van der Waals surface area contributed by atoms with Crippen LogP contribution in [0.15, 0.2) is 36.8 Å². The Morgan fingerprint density at radius 2 is 2.10 bits per heavy atom. The number of hydrogen-bond acceptors (Lipinski definition) is 5. The zero-order chi connectivity index (χ0) is 13.9. The van der Waals surface area contributed by atoms with Crippen molar-refractivity contribution in [3.05, 3.63) is 53.7 Å². The van der Waals surface area contributed by atoms with Crippen molar-refractivity contribution in [3.63, 3.8) is 0 Å². The maximum atomic E-state index is 11.3. The molecule has 7 heteroatoms. The number of carbonyl (C=O) groups excluding carboxylic acids is 1. The first-order valence-corrected chi connectivity index (χ1v) is 6.01. The first-order chi connectivity index (χ1) is 9.76. The van der Waals surface area contributed by atoms with Gasteiger partial charge in [-0.3, -0.25) is 10.2 Å². The predicted octanol–water partition coefficient (Wildman–Crippen LogP) is 0.547. The number of amides is 1. The van der Waals surface area contributed by atoms with E-state index in [1.165, 1.54) is 6.33 Å². The molecule has 1 amide bonds. The summed E-state index contributed by atoms with van der Waals surface area (Å²) in [5.41, 5.74) is 5.10. The zero-order valence-electron chi connectivity index (χ0n) is 10.5. The maximum Gasteiger partial charge on any atom is 0.265 e. The number of carbonyl (C=O) groups is 1. The topological polar surface area (TPSA) is 110 Å². The van der Waals surface area contributed by atoms with Crippen LogP contribution in [0, 0.1) is 0 Å². The quantitative estimate of drug-likeness (QED) is 0.365. The van der Waals surface area contributed by atoms with Crippen molar-refractivity contribution in [2.24, 2.45) is 5.84 Å². The minimum Gasteiger partial charge on any atom is -0.339 e. The number of nitrogens with zero attached hydrogens (tertiary/aromatic N) is 3. The largest absolute Gasteiger partial charge is 0.339 e. The van der Waals surface area contributed by atoms with Crippen molar-refractivity contribution in [3.8, 4) is 0 Å². The van der Waals surface area contributed by atoms with Gasteiger partial charge < -0.3 is 4.98 Å². The summed E-state index contributed by atoms with van der Waals surface area (Å²) in [7, 11) is 0. The Labute approximate surface area is 114 Å². The second kappa shape index (κ2) is 5.06. The third-order valence-corrected chi connectivity index (χ3v) is 2.93. The summed E-state index contributed by atoms with van der Waals surface area (Å²) in [5.74, 6) is 5.57. The van der Waals surface area contributed by atoms with E-state index in [1.807, 2.05) is 12.1 Å². The van der Waals surface area contributed by atoms with E-state index in [-0.39, 0.29) is 5.91 Å². The highest BCUT2D eigenvalue weighted by Gasteiger charge is 2.06. The fourth-order valence-electron chi connectivity index (χ4n) is 1.95. The third-order valence-electron chi connectivity index (χ3n) is 2.93. The molecule has 20 heavy (non-hydrogen) atoms. The standard InChI is InChI=1S/C13H12N6O/c14-19-13(20)9-3-1-8(2-4-9)5-11-17-10-6-15-7-16-12(10)18-11/h1-4,6-7H,5,14H2,(H,19,20)(H,15,16,17,18). The van der Waals surface area contributed by atoms with Gasteiger partial charge in [-0.1, -0.05) is 12.1 Å². The van der Waals surface area contributed by atoms with Gasteiger partial charge >= 0.3 is 0 Å². The lowest BCUT2D eigenvalue weighted by Gasteiger charge is -2.01. The summed E-state index contributed by atoms with van der Waals surface area (Å²) < 4.78 is 0. The van der Waals surface area contributed by atoms with Gasteiger partial charge in [-0.15, -0.1) is 0 Å². The van der Waals surface area contributed by atoms with E-state index in [4.69, 9.17) is 5.84 Å². The van der Waals surface area contributed by atoms with Gasteiger partial charge in [0.15, 0.2) is 5.65 Å². The van der Waals surface area contributed by atoms with Gasteiger partial charge in [-0.05, 0) is 17.7 Å². The molecule has 0 saturated carbocycles. The average Bonchev–Trinajstić information content (AvgIpc) is 2.89. The number of nitrogen functional groups attached to an aromatic ring is 1. The van der Waals surface area contributed by atoms with E-state index in [9.17, 15) is 4.79 Å². The molecule has 0 unspecified atom stereocenters. The second-order valence-corrected chi connectivity index (χ2v) is 4.29. The monoisotopic (exact) mass is 268 g/mol. The molecular formula is C13H12N6O. The SMILES string of the molecule is NNC(=O)c1ccc(Cc2nc3ncncc3[nH]2)cc1. The van der Waals surface area contributed by atoms with Gasteiger partial charge in [0.25, 0.3) is 5.91 Å². The van der Waals surface area contributed by atoms with Gasteiger partial charge in [-0.2, -0.15) is 0 Å². The lowest BCUT2D eigenvalue weighted by Crippen LogP contribution is -2.29. The molecular weight excluding hydrogens is 256 g/mol. The summed E-state index contributed by atoms with van der Waals surface area (Å²) in [4.78, 5) is 26.9. The highest BCUT2D eigenvalue weighted by Crippen LogP contribution is 2.12. The number of hydrogen-bond donors (Lipinski definition) is 3. The van der Waals surface area contributed by atoms with Gasteiger partial charge in [0.2, 0.25) is 0 Å². The number of aromatic nitrogens is 4. The second-order valence-electron chi connectivity index (χ2n) is 4.29. The average molecular weight is 268 g/mol. The molecule has 7 nitrogen and oxygen atoms in total. The van der Waals surface area contributed by atoms with Crippen molar-refractivity contribution in [2.75, 3.05) is 0 Å². The molecule has 100 valence electrons. The van der Waals surface area contributed by atoms with Gasteiger partial charge in [0, 0.05) is 12.0 Å². The molecule has 0 aliphatic carbocycles. The molecule has 3 rings (SSSR count). The van der Waals surface area contributed by atoms with Crippen LogP contribution in [0.2, 0.25) is 0 Å². The van der Waals surface area contributed by atoms with E-state index in [2.05, 4.69) is 25.4 Å². The number of imidazole rings is 1. The van der Waals surface area contributed by atoms with Gasteiger partial charge in [0.1, 0.15) is 17.7 Å². The number of nitrogens with one attached hydrogen (secondary N) is 2. The number of benzene rings is 1. The molecule has 0 saturated heterocycles. The van der Waals surface area contributed by atoms with Crippen molar-refractivity contribution < 1.29 is 4.79 Å². The fourth-order valence-corrected chi connectivity index (χ4v) is 1.95. The third kappa shape index (κ3) is 2.34. The highest BCUT2D eigenvalue weighted by molar-refractivity contribution is 5.93. The summed E-state index contributed by atoms with van der Waals surface area (Å²) >= 11 is 0. The summed E-state index contributed by atoms with van der Waals surface area (Å²) in [6.07, 6.45) is 3.78. The first-order valence-electron chi connectivity index (χ1n) is 6.01. The van der Waals surface area contributed by atoms with Crippen molar-refractivity contribution in [1.29, 1.82) is 0 Å². The molecule has 0 aliphatic rings. The fraction of sp³-hybridized carbons (Fsp3) is 0.0769. The van der Waals surface area contributed by atoms with E-state index in [0.717, 1.165) is 16.9 Å². The molecule has 0 atom stereocenters. The number of hydrazine groups is 1. The van der Waals surface area contributed by atoms with Crippen LogP contribution in [0.5, 0.6) is 0 Å². The van der Waals surface area contributed by atoms with Gasteiger partial charge in [-0.25, -0.2) is 20.8 Å². The Morgan fingerprint density at radius 1 is 1.30 bits per heavy atom. The molecule has 2 aromatic heterocycles. The number of nitrogens with two attached hydrogens (primary N) is 1. The Balaban J connectivity index is 1.82. The number of fused-ring (bicyclic) bond motifs is 1. The van der Waals surface area contributed by atoms with Crippen LogP contribution >= 0.6 is 0 Å². The first kappa shape index (κ1) is 12.2. The Morgan fingerprint density at radius 3 is 2.80 bits per heavy atom. The highest BCUT2D eigenvalue weighted by atomic mass is 16.2. The van der Waals surface area contributed by atoms with Gasteiger partial charge in [0.05, 0.1) is 6.20 Å². The summed E-state index contributed by atoms with van der Waals surface area (Å²) in [6, 6.07) is 7.17. The molecule has 1 aromatic carbocycles. The van der Waals surface area contributed by atoms with Crippen LogP contribution in [0.25, 0.3) is 11.2 Å². The molecule has 2 heterocycles. The predicted molar refractivity (Wildman–Crippen MR) is 72.6 cm³/mol. The molecule has 0 fully saturated rings. The Hall–Kier alpha value is -2.80. The van der Waals surface area contributed by atoms with Crippen molar-refractivity contribution in [2.45, 2.75) is 6.42 Å². The van der Waals surface area contributed by atoms with Crippen LogP contribution < -0.4 is 11.3 Å². The van der Waals surface area contributed by atoms with E-state index >= 15 is 0 Å². The summed E-state index contributed by atoms with van der Waals surface area (Å²) in [5, 5.41) is 0. The molecule has 3 aromatic rings. The Kier molecular flexibility index (Phi) is 3.10. The minimum atomic E-state index is -0.310. The molecule has 4 N–H and O–H groups in total. The van der Waals surface area contributed by atoms with Crippen LogP contribution in [-0.4, -0.2) is 25.8 Å². The van der Waals surface area contributed by atoms with Crippen LogP contribution in [0.3, 0.4) is 0 Å².